The molecular formula is C19H18F2N6O2S2. The highest BCUT2D eigenvalue weighted by atomic mass is 32.1. The van der Waals surface area contributed by atoms with Crippen molar-refractivity contribution in [1.29, 1.82) is 0 Å². The van der Waals surface area contributed by atoms with Gasteiger partial charge in [-0.25, -0.2) is 13.8 Å². The topological polar surface area (TPSA) is 94.0 Å². The minimum atomic E-state index is -2.51. The predicted octanol–water partition coefficient (Wildman–Crippen LogP) is 4.00. The largest absolute Gasteiger partial charge is 0.383 e. The number of hydrogen-bond acceptors (Lipinski definition) is 8. The van der Waals surface area contributed by atoms with Gasteiger partial charge in [0, 0.05) is 42.5 Å². The van der Waals surface area contributed by atoms with E-state index in [0.717, 1.165) is 24.7 Å². The van der Waals surface area contributed by atoms with E-state index in [2.05, 4.69) is 25.7 Å². The highest BCUT2D eigenvalue weighted by Crippen LogP contribution is 2.39. The van der Waals surface area contributed by atoms with E-state index in [1.165, 1.54) is 41.3 Å². The number of thiophene rings is 1. The van der Waals surface area contributed by atoms with Crippen molar-refractivity contribution in [2.45, 2.75) is 13.0 Å². The van der Waals surface area contributed by atoms with Gasteiger partial charge in [-0.1, -0.05) is 0 Å². The number of thiazole rings is 1. The summed E-state index contributed by atoms with van der Waals surface area (Å²) in [4.78, 5) is 24.1. The number of rotatable bonds is 9. The number of amides is 1. The molecule has 0 bridgehead atoms. The van der Waals surface area contributed by atoms with E-state index in [0.29, 0.717) is 30.1 Å². The molecule has 2 N–H and O–H groups in total. The number of aromatic nitrogens is 4. The Kier molecular flexibility index (Phi) is 6.49. The molecule has 1 amide bonds. The number of methoxy groups -OCH3 is 1. The number of hydrogen-bond donors (Lipinski definition) is 2. The molecule has 4 heterocycles. The Labute approximate surface area is 183 Å². The van der Waals surface area contributed by atoms with E-state index in [-0.39, 0.29) is 5.91 Å². The van der Waals surface area contributed by atoms with Crippen molar-refractivity contribution in [3.8, 4) is 9.75 Å². The van der Waals surface area contributed by atoms with Gasteiger partial charge >= 0.3 is 0 Å². The summed E-state index contributed by atoms with van der Waals surface area (Å²) < 4.78 is 31.5. The summed E-state index contributed by atoms with van der Waals surface area (Å²) >= 11 is 2.99. The van der Waals surface area contributed by atoms with Crippen molar-refractivity contribution in [3.63, 3.8) is 0 Å². The van der Waals surface area contributed by atoms with Crippen LogP contribution in [-0.4, -0.2) is 52.3 Å². The molecule has 4 aromatic heterocycles. The Morgan fingerprint density at radius 3 is 2.90 bits per heavy atom. The molecule has 162 valence electrons. The molecule has 4 aromatic rings. The molecule has 0 radical (unpaired) electrons. The quantitative estimate of drug-likeness (QED) is 0.364. The number of fused-ring (bicyclic) bond motifs is 1. The Morgan fingerprint density at radius 1 is 1.29 bits per heavy atom. The molecule has 0 aliphatic rings. The number of nitrogens with one attached hydrogen (secondary N) is 2. The summed E-state index contributed by atoms with van der Waals surface area (Å²) in [6, 6.07) is 1.94. The third-order valence-corrected chi connectivity index (χ3v) is 6.31. The van der Waals surface area contributed by atoms with Crippen molar-refractivity contribution in [2.24, 2.45) is 0 Å². The summed E-state index contributed by atoms with van der Waals surface area (Å²) in [5.74, 6) is -0.320. The first kappa shape index (κ1) is 21.3. The second-order valence-corrected chi connectivity index (χ2v) is 8.37. The van der Waals surface area contributed by atoms with E-state index >= 15 is 0 Å². The van der Waals surface area contributed by atoms with E-state index in [4.69, 9.17) is 4.74 Å². The Bertz CT molecular complexity index is 1180. The molecule has 0 aliphatic heterocycles. The second-order valence-electron chi connectivity index (χ2n) is 6.46. The molecule has 4 rings (SSSR count). The van der Waals surface area contributed by atoms with Crippen LogP contribution in [0.3, 0.4) is 0 Å². The van der Waals surface area contributed by atoms with Gasteiger partial charge in [0.15, 0.2) is 0 Å². The maximum atomic E-state index is 12.8. The number of nitrogens with zero attached hydrogens (tertiary/aromatic N) is 4. The zero-order chi connectivity index (χ0) is 21.8. The molecule has 31 heavy (non-hydrogen) atoms. The average molecular weight is 465 g/mol. The minimum Gasteiger partial charge on any atom is -0.383 e. The smallest absolute Gasteiger partial charge is 0.257 e. The first-order chi connectivity index (χ1) is 15.0. The maximum absolute atomic E-state index is 12.8. The molecule has 0 spiro atoms. The average Bonchev–Trinajstić information content (AvgIpc) is 3.48. The lowest BCUT2D eigenvalue weighted by atomic mass is 10.1. The van der Waals surface area contributed by atoms with Gasteiger partial charge in [-0.2, -0.15) is 5.10 Å². The molecule has 0 fully saturated rings. The summed E-state index contributed by atoms with van der Waals surface area (Å²) in [7, 11) is 1.55. The molecule has 12 heteroatoms. The fourth-order valence-electron chi connectivity index (χ4n) is 2.93. The van der Waals surface area contributed by atoms with Gasteiger partial charge in [-0.15, -0.1) is 22.7 Å². The van der Waals surface area contributed by atoms with E-state index in [1.807, 2.05) is 6.07 Å². The number of carbonyl (C=O) groups excluding carboxylic acids is 1. The van der Waals surface area contributed by atoms with Gasteiger partial charge in [0.2, 0.25) is 0 Å². The molecular weight excluding hydrogens is 446 g/mol. The van der Waals surface area contributed by atoms with Crippen LogP contribution in [-0.2, 0) is 11.3 Å². The van der Waals surface area contributed by atoms with Crippen LogP contribution in [0.5, 0.6) is 0 Å². The van der Waals surface area contributed by atoms with Crippen molar-refractivity contribution >= 4 is 50.2 Å². The van der Waals surface area contributed by atoms with Crippen LogP contribution >= 0.6 is 22.7 Å². The lowest BCUT2D eigenvalue weighted by Crippen LogP contribution is -2.27. The third-order valence-electron chi connectivity index (χ3n) is 4.30. The van der Waals surface area contributed by atoms with Crippen LogP contribution in [0.1, 0.15) is 10.4 Å². The first-order valence-corrected chi connectivity index (χ1v) is 10.9. The summed E-state index contributed by atoms with van der Waals surface area (Å²) in [5, 5.41) is 10.7. The van der Waals surface area contributed by atoms with Crippen LogP contribution in [0.2, 0.25) is 0 Å². The van der Waals surface area contributed by atoms with Gasteiger partial charge in [0.25, 0.3) is 12.3 Å². The molecule has 8 nitrogen and oxygen atoms in total. The highest BCUT2D eigenvalue weighted by molar-refractivity contribution is 7.25. The Morgan fingerprint density at radius 2 is 2.16 bits per heavy atom. The Hall–Kier alpha value is -2.96. The highest BCUT2D eigenvalue weighted by Gasteiger charge is 2.19. The number of halogens is 2. The predicted molar refractivity (Wildman–Crippen MR) is 116 cm³/mol. The minimum absolute atomic E-state index is 0.320. The first-order valence-electron chi connectivity index (χ1n) is 9.21. The van der Waals surface area contributed by atoms with Gasteiger partial charge in [-0.05, 0) is 6.07 Å². The normalized spacial score (nSPS) is 11.4. The Balaban J connectivity index is 1.73. The molecule has 0 atom stereocenters. The van der Waals surface area contributed by atoms with Crippen LogP contribution in [0, 0.1) is 0 Å². The zero-order valence-electron chi connectivity index (χ0n) is 16.3. The number of alkyl halides is 2. The molecule has 0 saturated carbocycles. The number of anilines is 2. The number of pyridine rings is 1. The van der Waals surface area contributed by atoms with Crippen molar-refractivity contribution in [2.75, 3.05) is 25.6 Å². The van der Waals surface area contributed by atoms with Crippen molar-refractivity contribution in [3.05, 3.63) is 41.9 Å². The maximum Gasteiger partial charge on any atom is 0.257 e. The molecule has 0 aliphatic carbocycles. The van der Waals surface area contributed by atoms with Crippen molar-refractivity contribution < 1.29 is 18.3 Å². The van der Waals surface area contributed by atoms with E-state index < -0.39 is 13.0 Å². The number of carbonyl (C=O) groups is 1. The van der Waals surface area contributed by atoms with Crippen LogP contribution in [0.25, 0.3) is 20.0 Å². The summed E-state index contributed by atoms with van der Waals surface area (Å²) in [6.45, 7) is 0.208. The van der Waals surface area contributed by atoms with Gasteiger partial charge in [-0.3, -0.25) is 14.5 Å². The van der Waals surface area contributed by atoms with Crippen molar-refractivity contribution in [1.82, 2.24) is 25.1 Å². The molecule has 0 aromatic carbocycles. The van der Waals surface area contributed by atoms with E-state index in [1.54, 1.807) is 18.8 Å². The standard InChI is InChI=1S/C19H18F2N6O2S2/c1-29-3-2-23-18(28)13-6-24-19-12(4-14(31-19)15-7-22-10-30-15)17(13)26-11-5-25-27(8-11)9-16(20)21/h4-8,10,16H,2-3,9H2,1H3,(H,23,28)(H,24,26). The summed E-state index contributed by atoms with van der Waals surface area (Å²) in [5.41, 5.74) is 3.10. The SMILES string of the molecule is COCCNC(=O)c1cnc2sc(-c3cncs3)cc2c1Nc1cnn(CC(F)F)c1. The van der Waals surface area contributed by atoms with E-state index in [9.17, 15) is 13.6 Å². The third kappa shape index (κ3) is 4.86. The van der Waals surface area contributed by atoms with Crippen LogP contribution < -0.4 is 10.6 Å². The lowest BCUT2D eigenvalue weighted by Gasteiger charge is -2.12. The molecule has 0 unspecified atom stereocenters. The van der Waals surface area contributed by atoms with Crippen LogP contribution in [0.15, 0.2) is 36.4 Å². The monoisotopic (exact) mass is 464 g/mol. The molecule has 0 saturated heterocycles. The summed E-state index contributed by atoms with van der Waals surface area (Å²) in [6.07, 6.45) is 3.68. The zero-order valence-corrected chi connectivity index (χ0v) is 18.0. The fourth-order valence-corrected chi connectivity index (χ4v) is 4.65. The van der Waals surface area contributed by atoms with Gasteiger partial charge < -0.3 is 15.4 Å². The van der Waals surface area contributed by atoms with Gasteiger partial charge in [0.1, 0.15) is 11.4 Å². The van der Waals surface area contributed by atoms with Crippen LogP contribution in [0.4, 0.5) is 20.2 Å². The number of ether oxygens (including phenoxy) is 1. The van der Waals surface area contributed by atoms with Gasteiger partial charge in [0.05, 0.1) is 40.1 Å². The lowest BCUT2D eigenvalue weighted by molar-refractivity contribution is 0.0937. The fraction of sp³-hybridized carbons (Fsp3) is 0.263. The second kappa shape index (κ2) is 9.45.